The molecule has 0 fully saturated rings. The van der Waals surface area contributed by atoms with Crippen LogP contribution in [0.2, 0.25) is 0 Å². The lowest BCUT2D eigenvalue weighted by molar-refractivity contribution is 0.0981. The number of ether oxygens (including phenoxy) is 1. The maximum atomic E-state index is 12.0. The van der Waals surface area contributed by atoms with Crippen LogP contribution in [-0.4, -0.2) is 23.1 Å². The number of hydrogen-bond donors (Lipinski definition) is 2. The van der Waals surface area contributed by atoms with Crippen LogP contribution in [-0.2, 0) is 0 Å². The van der Waals surface area contributed by atoms with Crippen molar-refractivity contribution < 1.29 is 13.9 Å². The van der Waals surface area contributed by atoms with Crippen molar-refractivity contribution in [2.24, 2.45) is 0 Å². The number of amides is 1. The molecule has 2 aromatic heterocycles. The summed E-state index contributed by atoms with van der Waals surface area (Å²) in [6, 6.07) is 16.5. The van der Waals surface area contributed by atoms with Gasteiger partial charge in [-0.05, 0) is 60.1 Å². The van der Waals surface area contributed by atoms with E-state index in [0.717, 1.165) is 22.5 Å². The Morgan fingerprint density at radius 3 is 2.71 bits per heavy atom. The van der Waals surface area contributed by atoms with E-state index in [0.29, 0.717) is 16.4 Å². The van der Waals surface area contributed by atoms with Crippen LogP contribution in [0, 0.1) is 0 Å². The van der Waals surface area contributed by atoms with Gasteiger partial charge in [0.05, 0.1) is 12.0 Å². The molecule has 0 spiro atoms. The topological polar surface area (TPSA) is 76.4 Å². The van der Waals surface area contributed by atoms with E-state index in [9.17, 15) is 4.79 Å². The van der Waals surface area contributed by atoms with Crippen LogP contribution >= 0.6 is 23.6 Å². The first-order valence-corrected chi connectivity index (χ1v) is 9.62. The van der Waals surface area contributed by atoms with Gasteiger partial charge in [-0.1, -0.05) is 6.07 Å². The number of hydrogen-bond acceptors (Lipinski definition) is 6. The molecule has 0 aliphatic heterocycles. The molecule has 4 aromatic rings. The smallest absolute Gasteiger partial charge is 0.267 e. The molecule has 0 saturated carbocycles. The van der Waals surface area contributed by atoms with Gasteiger partial charge in [0.2, 0.25) is 5.89 Å². The Bertz CT molecular complexity index is 1140. The molecular weight excluding hydrogens is 394 g/mol. The number of oxazole rings is 1. The highest BCUT2D eigenvalue weighted by molar-refractivity contribution is 7.80. The van der Waals surface area contributed by atoms with Gasteiger partial charge in [0.1, 0.15) is 11.3 Å². The minimum Gasteiger partial charge on any atom is -0.497 e. The van der Waals surface area contributed by atoms with Gasteiger partial charge in [-0.25, -0.2) is 4.98 Å². The second-order valence-electron chi connectivity index (χ2n) is 5.82. The van der Waals surface area contributed by atoms with Crippen molar-refractivity contribution >= 4 is 51.4 Å². The summed E-state index contributed by atoms with van der Waals surface area (Å²) >= 11 is 6.56. The third-order valence-electron chi connectivity index (χ3n) is 3.96. The van der Waals surface area contributed by atoms with Gasteiger partial charge >= 0.3 is 0 Å². The molecule has 0 atom stereocenters. The fraction of sp³-hybridized carbons (Fsp3) is 0.0500. The summed E-state index contributed by atoms with van der Waals surface area (Å²) in [5.74, 6) is 1.01. The highest BCUT2D eigenvalue weighted by Gasteiger charge is 2.11. The van der Waals surface area contributed by atoms with Crippen LogP contribution in [0.5, 0.6) is 5.75 Å². The van der Waals surface area contributed by atoms with Crippen molar-refractivity contribution in [3.63, 3.8) is 0 Å². The highest BCUT2D eigenvalue weighted by atomic mass is 32.1. The van der Waals surface area contributed by atoms with E-state index >= 15 is 0 Å². The summed E-state index contributed by atoms with van der Waals surface area (Å²) in [5.41, 5.74) is 3.00. The van der Waals surface area contributed by atoms with Crippen LogP contribution in [0.3, 0.4) is 0 Å². The average Bonchev–Trinajstić information content (AvgIpc) is 3.37. The monoisotopic (exact) mass is 409 g/mol. The molecule has 0 aliphatic rings. The van der Waals surface area contributed by atoms with E-state index in [1.807, 2.05) is 53.9 Å². The number of nitrogens with one attached hydrogen (secondary N) is 2. The molecule has 0 unspecified atom stereocenters. The van der Waals surface area contributed by atoms with Gasteiger partial charge in [-0.3, -0.25) is 10.1 Å². The van der Waals surface area contributed by atoms with Gasteiger partial charge in [-0.15, -0.1) is 11.3 Å². The number of rotatable bonds is 4. The van der Waals surface area contributed by atoms with Gasteiger partial charge in [0.15, 0.2) is 10.7 Å². The normalized spacial score (nSPS) is 10.6. The molecule has 28 heavy (non-hydrogen) atoms. The van der Waals surface area contributed by atoms with Crippen LogP contribution in [0.1, 0.15) is 9.67 Å². The number of benzene rings is 2. The molecule has 2 heterocycles. The first-order chi connectivity index (χ1) is 13.6. The van der Waals surface area contributed by atoms with Gasteiger partial charge < -0.3 is 14.5 Å². The lowest BCUT2D eigenvalue weighted by Gasteiger charge is -2.09. The molecule has 0 aliphatic carbocycles. The Hall–Kier alpha value is -3.23. The molecule has 0 saturated heterocycles. The number of carbonyl (C=O) groups is 1. The molecule has 140 valence electrons. The predicted molar refractivity (Wildman–Crippen MR) is 114 cm³/mol. The number of fused-ring (bicyclic) bond motifs is 1. The Morgan fingerprint density at radius 2 is 2.00 bits per heavy atom. The lowest BCUT2D eigenvalue weighted by atomic mass is 10.2. The molecular formula is C20H15N3O3S2. The molecule has 0 bridgehead atoms. The van der Waals surface area contributed by atoms with Crippen molar-refractivity contribution in [1.82, 2.24) is 10.3 Å². The Kier molecular flexibility index (Phi) is 5.05. The fourth-order valence-electron chi connectivity index (χ4n) is 2.59. The van der Waals surface area contributed by atoms with Crippen LogP contribution in [0.15, 0.2) is 64.4 Å². The first kappa shape index (κ1) is 18.1. The largest absolute Gasteiger partial charge is 0.497 e. The summed E-state index contributed by atoms with van der Waals surface area (Å²) in [7, 11) is 1.61. The van der Waals surface area contributed by atoms with Crippen LogP contribution in [0.4, 0.5) is 5.69 Å². The van der Waals surface area contributed by atoms with E-state index in [2.05, 4.69) is 15.6 Å². The van der Waals surface area contributed by atoms with Crippen LogP contribution in [0.25, 0.3) is 22.6 Å². The Labute approximate surface area is 170 Å². The zero-order valence-corrected chi connectivity index (χ0v) is 16.4. The number of nitrogens with zero attached hydrogens (tertiary/aromatic N) is 1. The summed E-state index contributed by atoms with van der Waals surface area (Å²) < 4.78 is 11.0. The van der Waals surface area contributed by atoms with Gasteiger partial charge in [0, 0.05) is 17.3 Å². The number of anilines is 1. The lowest BCUT2D eigenvalue weighted by Crippen LogP contribution is -2.33. The third-order valence-corrected chi connectivity index (χ3v) is 5.03. The molecule has 1 amide bonds. The molecule has 2 aromatic carbocycles. The van der Waals surface area contributed by atoms with Gasteiger partial charge in [-0.2, -0.15) is 0 Å². The zero-order chi connectivity index (χ0) is 19.5. The van der Waals surface area contributed by atoms with E-state index in [1.165, 1.54) is 11.3 Å². The van der Waals surface area contributed by atoms with Crippen molar-refractivity contribution in [2.75, 3.05) is 12.4 Å². The SMILES string of the molecule is COc1ccc2oc(-c3ccc(NC(=S)NC(=O)c4cccs4)cc3)nc2c1. The van der Waals surface area contributed by atoms with E-state index in [-0.39, 0.29) is 11.0 Å². The second-order valence-corrected chi connectivity index (χ2v) is 7.17. The molecule has 0 radical (unpaired) electrons. The summed E-state index contributed by atoms with van der Waals surface area (Å²) in [6.07, 6.45) is 0. The van der Waals surface area contributed by atoms with E-state index < -0.39 is 0 Å². The average molecular weight is 409 g/mol. The summed E-state index contributed by atoms with van der Waals surface area (Å²) in [4.78, 5) is 17.1. The van der Waals surface area contributed by atoms with Crippen LogP contribution < -0.4 is 15.4 Å². The second kappa shape index (κ2) is 7.79. The molecule has 6 nitrogen and oxygen atoms in total. The van der Waals surface area contributed by atoms with Crippen molar-refractivity contribution in [3.05, 3.63) is 64.9 Å². The van der Waals surface area contributed by atoms with Gasteiger partial charge in [0.25, 0.3) is 5.91 Å². The molecule has 2 N–H and O–H groups in total. The molecule has 8 heteroatoms. The first-order valence-electron chi connectivity index (χ1n) is 8.33. The maximum absolute atomic E-state index is 12.0. The fourth-order valence-corrected chi connectivity index (χ4v) is 3.42. The third kappa shape index (κ3) is 3.88. The quantitative estimate of drug-likeness (QED) is 0.476. The number of carbonyl (C=O) groups excluding carboxylic acids is 1. The van der Waals surface area contributed by atoms with E-state index in [1.54, 1.807) is 13.2 Å². The number of methoxy groups -OCH3 is 1. The number of thiophene rings is 1. The number of aromatic nitrogens is 1. The van der Waals surface area contributed by atoms with Crippen molar-refractivity contribution in [2.45, 2.75) is 0 Å². The molecule has 4 rings (SSSR count). The predicted octanol–water partition coefficient (Wildman–Crippen LogP) is 4.69. The maximum Gasteiger partial charge on any atom is 0.267 e. The standard InChI is InChI=1S/C20H15N3O3S2/c1-25-14-8-9-16-15(11-14)22-19(26-16)12-4-6-13(7-5-12)21-20(27)23-18(24)17-3-2-10-28-17/h2-11H,1H3,(H2,21,23,24,27). The van der Waals surface area contributed by atoms with Crippen molar-refractivity contribution in [1.29, 1.82) is 0 Å². The van der Waals surface area contributed by atoms with E-state index in [4.69, 9.17) is 21.4 Å². The summed E-state index contributed by atoms with van der Waals surface area (Å²) in [6.45, 7) is 0. The Balaban J connectivity index is 1.45. The number of thiocarbonyl (C=S) groups is 1. The highest BCUT2D eigenvalue weighted by Crippen LogP contribution is 2.27. The summed E-state index contributed by atoms with van der Waals surface area (Å²) in [5, 5.41) is 7.72. The minimum atomic E-state index is -0.231. The zero-order valence-electron chi connectivity index (χ0n) is 14.8. The minimum absolute atomic E-state index is 0.231. The Morgan fingerprint density at radius 1 is 1.18 bits per heavy atom. The van der Waals surface area contributed by atoms with Crippen molar-refractivity contribution in [3.8, 4) is 17.2 Å².